The monoisotopic (exact) mass is 332 g/mol. The lowest BCUT2D eigenvalue weighted by Gasteiger charge is -2.31. The van der Waals surface area contributed by atoms with Gasteiger partial charge >= 0.3 is 0 Å². The Morgan fingerprint density at radius 2 is 2.05 bits per heavy atom. The van der Waals surface area contributed by atoms with Crippen LogP contribution < -0.4 is 11.1 Å². The first-order valence-corrected chi connectivity index (χ1v) is 8.65. The van der Waals surface area contributed by atoms with Gasteiger partial charge in [-0.15, -0.1) is 0 Å². The van der Waals surface area contributed by atoms with E-state index in [0.29, 0.717) is 26.5 Å². The van der Waals surface area contributed by atoms with E-state index < -0.39 is 0 Å². The number of nitrogens with one attached hydrogen (secondary N) is 1. The number of nitrogen functional groups attached to an aromatic ring is 1. The lowest BCUT2D eigenvalue weighted by atomic mass is 9.94. The molecule has 110 valence electrons. The lowest BCUT2D eigenvalue weighted by molar-refractivity contribution is 0.0929. The number of hydrogen-bond donors (Lipinski definition) is 2. The van der Waals surface area contributed by atoms with Crippen molar-refractivity contribution in [2.45, 2.75) is 37.0 Å². The summed E-state index contributed by atoms with van der Waals surface area (Å²) >= 11 is 13.7. The molecule has 1 aliphatic rings. The Morgan fingerprint density at radius 3 is 2.70 bits per heavy atom. The topological polar surface area (TPSA) is 55.1 Å². The number of thioether (sulfide) groups is 1. The van der Waals surface area contributed by atoms with Crippen molar-refractivity contribution in [3.05, 3.63) is 27.7 Å². The minimum absolute atomic E-state index is 0.138. The Morgan fingerprint density at radius 1 is 1.35 bits per heavy atom. The SMILES string of the molecule is CSC1CCCCC1NC(=O)c1cc(N)c(Cl)c(Cl)c1. The summed E-state index contributed by atoms with van der Waals surface area (Å²) in [4.78, 5) is 12.3. The summed E-state index contributed by atoms with van der Waals surface area (Å²) in [5.41, 5.74) is 6.53. The number of hydrogen-bond acceptors (Lipinski definition) is 3. The van der Waals surface area contributed by atoms with Gasteiger partial charge in [-0.2, -0.15) is 11.8 Å². The molecule has 0 saturated heterocycles. The van der Waals surface area contributed by atoms with Crippen LogP contribution in [0.2, 0.25) is 10.0 Å². The number of benzene rings is 1. The van der Waals surface area contributed by atoms with Crippen molar-refractivity contribution in [3.8, 4) is 0 Å². The molecule has 3 nitrogen and oxygen atoms in total. The Bertz CT molecular complexity index is 487. The van der Waals surface area contributed by atoms with Crippen LogP contribution in [-0.4, -0.2) is 23.5 Å². The van der Waals surface area contributed by atoms with Crippen molar-refractivity contribution in [1.29, 1.82) is 0 Å². The van der Waals surface area contributed by atoms with E-state index in [1.807, 2.05) is 11.8 Å². The quantitative estimate of drug-likeness (QED) is 0.823. The van der Waals surface area contributed by atoms with Gasteiger partial charge in [0.05, 0.1) is 15.7 Å². The zero-order chi connectivity index (χ0) is 14.7. The average molecular weight is 333 g/mol. The van der Waals surface area contributed by atoms with Gasteiger partial charge in [0.2, 0.25) is 0 Å². The van der Waals surface area contributed by atoms with Crippen LogP contribution in [0.5, 0.6) is 0 Å². The fourth-order valence-corrected chi connectivity index (χ4v) is 3.81. The van der Waals surface area contributed by atoms with Crippen molar-refractivity contribution in [2.24, 2.45) is 0 Å². The average Bonchev–Trinajstić information content (AvgIpc) is 2.44. The summed E-state index contributed by atoms with van der Waals surface area (Å²) in [7, 11) is 0. The molecule has 20 heavy (non-hydrogen) atoms. The normalized spacial score (nSPS) is 22.6. The predicted octanol–water partition coefficient (Wildman–Crippen LogP) is 3.98. The van der Waals surface area contributed by atoms with Crippen molar-refractivity contribution < 1.29 is 4.79 Å². The summed E-state index contributed by atoms with van der Waals surface area (Å²) in [6, 6.07) is 3.34. The van der Waals surface area contributed by atoms with Gasteiger partial charge in [0.25, 0.3) is 5.91 Å². The maximum Gasteiger partial charge on any atom is 0.251 e. The first kappa shape index (κ1) is 15.8. The molecule has 2 atom stereocenters. The number of carbonyl (C=O) groups excluding carboxylic acids is 1. The zero-order valence-electron chi connectivity index (χ0n) is 11.3. The van der Waals surface area contributed by atoms with Gasteiger partial charge in [0.1, 0.15) is 0 Å². The maximum atomic E-state index is 12.3. The molecule has 3 N–H and O–H groups in total. The van der Waals surface area contributed by atoms with Gasteiger partial charge < -0.3 is 11.1 Å². The molecule has 1 aromatic carbocycles. The Balaban J connectivity index is 2.11. The van der Waals surface area contributed by atoms with Gasteiger partial charge in [0, 0.05) is 16.9 Å². The number of nitrogens with two attached hydrogens (primary N) is 1. The van der Waals surface area contributed by atoms with E-state index in [1.165, 1.54) is 6.42 Å². The van der Waals surface area contributed by atoms with E-state index in [4.69, 9.17) is 28.9 Å². The van der Waals surface area contributed by atoms with Crippen LogP contribution in [-0.2, 0) is 0 Å². The molecule has 6 heteroatoms. The van der Waals surface area contributed by atoms with Crippen LogP contribution in [0.1, 0.15) is 36.0 Å². The number of anilines is 1. The fraction of sp³-hybridized carbons (Fsp3) is 0.500. The van der Waals surface area contributed by atoms with Crippen LogP contribution in [0.4, 0.5) is 5.69 Å². The number of amides is 1. The molecule has 1 aromatic rings. The Kier molecular flexibility index (Phi) is 5.47. The van der Waals surface area contributed by atoms with Crippen molar-refractivity contribution in [2.75, 3.05) is 12.0 Å². The van der Waals surface area contributed by atoms with Crippen molar-refractivity contribution >= 4 is 46.6 Å². The highest BCUT2D eigenvalue weighted by molar-refractivity contribution is 7.99. The molecule has 2 rings (SSSR count). The van der Waals surface area contributed by atoms with Gasteiger partial charge in [-0.1, -0.05) is 36.0 Å². The molecule has 1 saturated carbocycles. The van der Waals surface area contributed by atoms with Crippen molar-refractivity contribution in [3.63, 3.8) is 0 Å². The zero-order valence-corrected chi connectivity index (χ0v) is 13.6. The third kappa shape index (κ3) is 3.54. The molecule has 0 radical (unpaired) electrons. The number of rotatable bonds is 3. The summed E-state index contributed by atoms with van der Waals surface area (Å²) in [5.74, 6) is -0.138. The Labute approximate surface area is 133 Å². The van der Waals surface area contributed by atoms with Crippen LogP contribution in [0.3, 0.4) is 0 Å². The molecule has 1 aliphatic carbocycles. The molecular formula is C14H18Cl2N2OS. The molecule has 0 aliphatic heterocycles. The molecule has 0 aromatic heterocycles. The number of carbonyl (C=O) groups is 1. The highest BCUT2D eigenvalue weighted by atomic mass is 35.5. The van der Waals surface area contributed by atoms with E-state index >= 15 is 0 Å². The summed E-state index contributed by atoms with van der Waals surface area (Å²) in [5, 5.41) is 4.17. The minimum Gasteiger partial charge on any atom is -0.397 e. The second kappa shape index (κ2) is 6.92. The summed E-state index contributed by atoms with van der Waals surface area (Å²) in [6.45, 7) is 0. The summed E-state index contributed by atoms with van der Waals surface area (Å²) in [6.07, 6.45) is 6.65. The van der Waals surface area contributed by atoms with Gasteiger partial charge in [-0.05, 0) is 31.2 Å². The van der Waals surface area contributed by atoms with E-state index in [0.717, 1.165) is 19.3 Å². The van der Waals surface area contributed by atoms with E-state index in [2.05, 4.69) is 11.6 Å². The second-order valence-corrected chi connectivity index (χ2v) is 6.86. The predicted molar refractivity (Wildman–Crippen MR) is 87.9 cm³/mol. The minimum atomic E-state index is -0.138. The van der Waals surface area contributed by atoms with Gasteiger partial charge in [-0.3, -0.25) is 4.79 Å². The standard InChI is InChI=1S/C14H18Cl2N2OS/c1-20-12-5-3-2-4-11(12)18-14(19)8-6-9(15)13(16)10(17)7-8/h6-7,11-12H,2-5,17H2,1H3,(H,18,19). The molecular weight excluding hydrogens is 315 g/mol. The highest BCUT2D eigenvalue weighted by Gasteiger charge is 2.26. The molecule has 1 amide bonds. The third-order valence-electron chi connectivity index (χ3n) is 3.64. The summed E-state index contributed by atoms with van der Waals surface area (Å²) < 4.78 is 0. The van der Waals surface area contributed by atoms with Gasteiger partial charge in [-0.25, -0.2) is 0 Å². The van der Waals surface area contributed by atoms with Crippen LogP contribution in [0.15, 0.2) is 12.1 Å². The highest BCUT2D eigenvalue weighted by Crippen LogP contribution is 2.30. The molecule has 2 unspecified atom stereocenters. The Hall–Kier alpha value is -0.580. The molecule has 1 fully saturated rings. The van der Waals surface area contributed by atoms with Gasteiger partial charge in [0.15, 0.2) is 0 Å². The fourth-order valence-electron chi connectivity index (χ4n) is 2.54. The first-order chi connectivity index (χ1) is 9.52. The van der Waals surface area contributed by atoms with Crippen molar-refractivity contribution in [1.82, 2.24) is 5.32 Å². The molecule has 0 heterocycles. The van der Waals surface area contributed by atoms with E-state index in [9.17, 15) is 4.79 Å². The van der Waals surface area contributed by atoms with E-state index in [-0.39, 0.29) is 11.9 Å². The second-order valence-electron chi connectivity index (χ2n) is 5.00. The maximum absolute atomic E-state index is 12.3. The smallest absolute Gasteiger partial charge is 0.251 e. The lowest BCUT2D eigenvalue weighted by Crippen LogP contribution is -2.43. The molecule has 0 bridgehead atoms. The first-order valence-electron chi connectivity index (χ1n) is 6.61. The number of halogens is 2. The van der Waals surface area contributed by atoms with E-state index in [1.54, 1.807) is 12.1 Å². The third-order valence-corrected chi connectivity index (χ3v) is 5.63. The molecule has 0 spiro atoms. The van der Waals surface area contributed by atoms with Crippen LogP contribution in [0, 0.1) is 0 Å². The van der Waals surface area contributed by atoms with Crippen LogP contribution in [0.25, 0.3) is 0 Å². The largest absolute Gasteiger partial charge is 0.397 e. The van der Waals surface area contributed by atoms with Crippen LogP contribution >= 0.6 is 35.0 Å².